The van der Waals surface area contributed by atoms with Crippen LogP contribution in [0.25, 0.3) is 11.4 Å². The monoisotopic (exact) mass is 252 g/mol. The van der Waals surface area contributed by atoms with Gasteiger partial charge in [0, 0.05) is 18.6 Å². The van der Waals surface area contributed by atoms with E-state index in [-0.39, 0.29) is 6.61 Å². The molecule has 0 aliphatic heterocycles. The smallest absolute Gasteiger partial charge is 0.150 e. The van der Waals surface area contributed by atoms with Gasteiger partial charge in [0.1, 0.15) is 11.6 Å². The second kappa shape index (κ2) is 5.21. The molecule has 5 heteroatoms. The van der Waals surface area contributed by atoms with Crippen molar-refractivity contribution >= 4 is 11.6 Å². The van der Waals surface area contributed by atoms with E-state index < -0.39 is 0 Å². The molecule has 0 unspecified atom stereocenters. The van der Waals surface area contributed by atoms with E-state index in [2.05, 4.69) is 9.97 Å². The maximum absolute atomic E-state index is 8.87. The van der Waals surface area contributed by atoms with E-state index in [1.54, 1.807) is 7.11 Å². The Morgan fingerprint density at radius 3 is 2.65 bits per heavy atom. The first-order valence-corrected chi connectivity index (χ1v) is 5.62. The topological polar surface area (TPSA) is 58.1 Å². The number of methoxy groups -OCH3 is 1. The van der Waals surface area contributed by atoms with Crippen LogP contribution in [0.3, 0.4) is 0 Å². The molecule has 90 valence electrons. The number of H-pyrrole nitrogens is 1. The number of aromatic amines is 1. The zero-order valence-electron chi connectivity index (χ0n) is 9.40. The van der Waals surface area contributed by atoms with Crippen LogP contribution in [0.5, 0.6) is 5.75 Å². The Morgan fingerprint density at radius 1 is 1.35 bits per heavy atom. The van der Waals surface area contributed by atoms with Crippen molar-refractivity contribution in [2.45, 2.75) is 6.42 Å². The Hall–Kier alpha value is -1.52. The number of aromatic nitrogens is 2. The van der Waals surface area contributed by atoms with Crippen LogP contribution in [0.2, 0.25) is 5.15 Å². The minimum atomic E-state index is 0.0456. The lowest BCUT2D eigenvalue weighted by Gasteiger charge is -2.00. The van der Waals surface area contributed by atoms with Gasteiger partial charge in [-0.1, -0.05) is 11.6 Å². The van der Waals surface area contributed by atoms with Gasteiger partial charge in [-0.2, -0.15) is 0 Å². The van der Waals surface area contributed by atoms with Crippen LogP contribution >= 0.6 is 11.6 Å². The lowest BCUT2D eigenvalue weighted by atomic mass is 10.2. The molecule has 0 spiro atoms. The van der Waals surface area contributed by atoms with Crippen molar-refractivity contribution in [1.82, 2.24) is 9.97 Å². The third kappa shape index (κ3) is 2.60. The van der Waals surface area contributed by atoms with Crippen LogP contribution in [0, 0.1) is 0 Å². The molecule has 1 aromatic heterocycles. The Balaban J connectivity index is 2.29. The van der Waals surface area contributed by atoms with E-state index in [0.29, 0.717) is 17.4 Å². The molecule has 0 atom stereocenters. The Morgan fingerprint density at radius 2 is 2.06 bits per heavy atom. The maximum atomic E-state index is 8.87. The summed E-state index contributed by atoms with van der Waals surface area (Å²) in [5, 5.41) is 9.28. The molecule has 2 rings (SSSR count). The summed E-state index contributed by atoms with van der Waals surface area (Å²) in [6.45, 7) is 0.0456. The normalized spacial score (nSPS) is 10.5. The van der Waals surface area contributed by atoms with Gasteiger partial charge in [-0.3, -0.25) is 0 Å². The fourth-order valence-electron chi connectivity index (χ4n) is 1.55. The summed E-state index contributed by atoms with van der Waals surface area (Å²) in [5.41, 5.74) is 1.68. The van der Waals surface area contributed by atoms with Gasteiger partial charge in [-0.25, -0.2) is 4.98 Å². The van der Waals surface area contributed by atoms with E-state index in [0.717, 1.165) is 17.0 Å². The molecule has 2 aromatic rings. The van der Waals surface area contributed by atoms with Crippen LogP contribution in [-0.2, 0) is 6.42 Å². The first-order valence-electron chi connectivity index (χ1n) is 5.24. The highest BCUT2D eigenvalue weighted by Crippen LogP contribution is 2.23. The van der Waals surface area contributed by atoms with Crippen molar-refractivity contribution in [2.24, 2.45) is 0 Å². The van der Waals surface area contributed by atoms with Crippen molar-refractivity contribution in [2.75, 3.05) is 13.7 Å². The number of imidazole rings is 1. The molecule has 17 heavy (non-hydrogen) atoms. The minimum absolute atomic E-state index is 0.0456. The lowest BCUT2D eigenvalue weighted by Crippen LogP contribution is -1.91. The molecule has 4 nitrogen and oxygen atoms in total. The molecular weight excluding hydrogens is 240 g/mol. The van der Waals surface area contributed by atoms with Gasteiger partial charge in [-0.05, 0) is 24.3 Å². The van der Waals surface area contributed by atoms with Crippen LogP contribution < -0.4 is 4.74 Å². The van der Waals surface area contributed by atoms with Crippen molar-refractivity contribution in [3.63, 3.8) is 0 Å². The molecule has 0 aliphatic rings. The van der Waals surface area contributed by atoms with Crippen LogP contribution in [0.1, 0.15) is 5.69 Å². The number of benzene rings is 1. The third-order valence-electron chi connectivity index (χ3n) is 2.45. The average molecular weight is 253 g/mol. The zero-order chi connectivity index (χ0) is 12.3. The quantitative estimate of drug-likeness (QED) is 0.878. The average Bonchev–Trinajstić information content (AvgIpc) is 2.72. The SMILES string of the molecule is COc1ccc(-c2nc(Cl)c(CCO)[nH]2)cc1. The second-order valence-corrected chi connectivity index (χ2v) is 3.91. The number of hydrogen-bond acceptors (Lipinski definition) is 3. The summed E-state index contributed by atoms with van der Waals surface area (Å²) in [6, 6.07) is 7.52. The Bertz CT molecular complexity index is 494. The van der Waals surface area contributed by atoms with E-state index in [1.165, 1.54) is 0 Å². The molecule has 0 aliphatic carbocycles. The molecule has 0 saturated carbocycles. The van der Waals surface area contributed by atoms with Gasteiger partial charge in [-0.15, -0.1) is 0 Å². The van der Waals surface area contributed by atoms with E-state index in [4.69, 9.17) is 21.4 Å². The molecule has 0 radical (unpaired) electrons. The van der Waals surface area contributed by atoms with Crippen LogP contribution in [0.4, 0.5) is 0 Å². The number of nitrogens with one attached hydrogen (secondary N) is 1. The molecule has 0 saturated heterocycles. The molecule has 2 N–H and O–H groups in total. The van der Waals surface area contributed by atoms with Gasteiger partial charge >= 0.3 is 0 Å². The maximum Gasteiger partial charge on any atom is 0.150 e. The lowest BCUT2D eigenvalue weighted by molar-refractivity contribution is 0.298. The number of aliphatic hydroxyl groups is 1. The number of ether oxygens (including phenoxy) is 1. The van der Waals surface area contributed by atoms with Gasteiger partial charge in [0.25, 0.3) is 0 Å². The summed E-state index contributed by atoms with van der Waals surface area (Å²) in [4.78, 5) is 7.31. The van der Waals surface area contributed by atoms with Crippen molar-refractivity contribution in [1.29, 1.82) is 0 Å². The predicted octanol–water partition coefficient (Wildman–Crippen LogP) is 2.27. The van der Waals surface area contributed by atoms with E-state index >= 15 is 0 Å². The number of nitrogens with zero attached hydrogens (tertiary/aromatic N) is 1. The number of halogens is 1. The second-order valence-electron chi connectivity index (χ2n) is 3.56. The first kappa shape index (κ1) is 12.0. The highest BCUT2D eigenvalue weighted by Gasteiger charge is 2.09. The van der Waals surface area contributed by atoms with Gasteiger partial charge in [0.2, 0.25) is 0 Å². The van der Waals surface area contributed by atoms with Gasteiger partial charge in [0.15, 0.2) is 5.15 Å². The van der Waals surface area contributed by atoms with Crippen LogP contribution in [-0.4, -0.2) is 28.8 Å². The van der Waals surface area contributed by atoms with Crippen molar-refractivity contribution < 1.29 is 9.84 Å². The zero-order valence-corrected chi connectivity index (χ0v) is 10.2. The number of hydrogen-bond donors (Lipinski definition) is 2. The fourth-order valence-corrected chi connectivity index (χ4v) is 1.78. The first-order chi connectivity index (χ1) is 8.24. The number of rotatable bonds is 4. The summed E-state index contributed by atoms with van der Waals surface area (Å²) < 4.78 is 5.08. The van der Waals surface area contributed by atoms with Gasteiger partial charge < -0.3 is 14.8 Å². The highest BCUT2D eigenvalue weighted by molar-refractivity contribution is 6.30. The summed E-state index contributed by atoms with van der Waals surface area (Å²) in [5.74, 6) is 1.49. The predicted molar refractivity (Wildman–Crippen MR) is 66.4 cm³/mol. The largest absolute Gasteiger partial charge is 0.497 e. The number of aliphatic hydroxyl groups excluding tert-OH is 1. The molecule has 1 aromatic carbocycles. The van der Waals surface area contributed by atoms with E-state index in [1.807, 2.05) is 24.3 Å². The summed E-state index contributed by atoms with van der Waals surface area (Å²) >= 11 is 5.95. The van der Waals surface area contributed by atoms with Gasteiger partial charge in [0.05, 0.1) is 12.8 Å². The molecule has 1 heterocycles. The fraction of sp³-hybridized carbons (Fsp3) is 0.250. The minimum Gasteiger partial charge on any atom is -0.497 e. The van der Waals surface area contributed by atoms with E-state index in [9.17, 15) is 0 Å². The van der Waals surface area contributed by atoms with Crippen molar-refractivity contribution in [3.8, 4) is 17.1 Å². The molecule has 0 amide bonds. The van der Waals surface area contributed by atoms with Crippen molar-refractivity contribution in [3.05, 3.63) is 35.1 Å². The summed E-state index contributed by atoms with van der Waals surface area (Å²) in [7, 11) is 1.62. The Kier molecular flexibility index (Phi) is 3.66. The third-order valence-corrected chi connectivity index (χ3v) is 2.77. The molecule has 0 bridgehead atoms. The Labute approximate surface area is 104 Å². The summed E-state index contributed by atoms with van der Waals surface area (Å²) in [6.07, 6.45) is 0.474. The van der Waals surface area contributed by atoms with Crippen LogP contribution in [0.15, 0.2) is 24.3 Å². The molecular formula is C12H13ClN2O2. The molecule has 0 fully saturated rings. The standard InChI is InChI=1S/C12H13ClN2O2/c1-17-9-4-2-8(3-5-9)12-14-10(6-7-16)11(13)15-12/h2-5,16H,6-7H2,1H3,(H,14,15). The highest BCUT2D eigenvalue weighted by atomic mass is 35.5.